The predicted octanol–water partition coefficient (Wildman–Crippen LogP) is 4.06. The lowest BCUT2D eigenvalue weighted by Gasteiger charge is -2.19. The molecule has 2 rings (SSSR count). The molecular weight excluding hydrogens is 331 g/mol. The fourth-order valence-electron chi connectivity index (χ4n) is 1.57. The second-order valence-corrected chi connectivity index (χ2v) is 5.45. The number of nitrogens with one attached hydrogen (secondary N) is 1. The van der Waals surface area contributed by atoms with Crippen molar-refractivity contribution in [3.63, 3.8) is 0 Å². The summed E-state index contributed by atoms with van der Waals surface area (Å²) in [5, 5.41) is 3.65. The minimum atomic E-state index is -4.47. The van der Waals surface area contributed by atoms with Gasteiger partial charge in [-0.05, 0) is 25.6 Å². The van der Waals surface area contributed by atoms with Gasteiger partial charge in [0.05, 0.1) is 7.11 Å². The van der Waals surface area contributed by atoms with Crippen molar-refractivity contribution in [3.05, 3.63) is 37.0 Å². The van der Waals surface area contributed by atoms with Crippen LogP contribution in [0, 0.1) is 0 Å². The first kappa shape index (κ1) is 17.1. The predicted molar refractivity (Wildman–Crippen MR) is 81.3 cm³/mol. The average molecular weight is 345 g/mol. The van der Waals surface area contributed by atoms with Gasteiger partial charge in [-0.15, -0.1) is 0 Å². The van der Waals surface area contributed by atoms with E-state index < -0.39 is 12.3 Å². The number of rotatable bonds is 6. The topological polar surface area (TPSA) is 56.3 Å². The van der Waals surface area contributed by atoms with Crippen LogP contribution in [0.2, 0.25) is 0 Å². The van der Waals surface area contributed by atoms with Crippen molar-refractivity contribution in [3.8, 4) is 16.5 Å². The Bertz CT molecular complexity index is 674. The molecule has 2 aromatic rings. The summed E-state index contributed by atoms with van der Waals surface area (Å²) in [6, 6.07) is 3.56. The molecule has 124 valence electrons. The third-order valence-electron chi connectivity index (χ3n) is 2.73. The molecule has 0 amide bonds. The summed E-state index contributed by atoms with van der Waals surface area (Å²) in [7, 11) is 1.41. The molecule has 0 saturated heterocycles. The number of nitrogens with zero attached hydrogens (tertiary/aromatic N) is 2. The van der Waals surface area contributed by atoms with Gasteiger partial charge in [-0.3, -0.25) is 4.98 Å². The molecule has 2 aromatic heterocycles. The van der Waals surface area contributed by atoms with E-state index in [0.717, 1.165) is 12.5 Å². The van der Waals surface area contributed by atoms with E-state index in [9.17, 15) is 13.2 Å². The normalized spacial score (nSPS) is 12.6. The number of ether oxygens (including phenoxy) is 2. The number of methoxy groups -OCH3 is 1. The van der Waals surface area contributed by atoms with Crippen molar-refractivity contribution >= 4 is 16.3 Å². The molecule has 0 fully saturated rings. The van der Waals surface area contributed by atoms with Gasteiger partial charge in [0.15, 0.2) is 17.0 Å². The third-order valence-corrected chi connectivity index (χ3v) is 3.73. The van der Waals surface area contributed by atoms with E-state index in [-0.39, 0.29) is 11.8 Å². The molecule has 0 aliphatic carbocycles. The summed E-state index contributed by atoms with van der Waals surface area (Å²) in [5.41, 5.74) is 0.763. The maximum Gasteiger partial charge on any atom is 0.425 e. The van der Waals surface area contributed by atoms with Crippen molar-refractivity contribution in [2.45, 2.75) is 19.2 Å². The Morgan fingerprint density at radius 1 is 1.43 bits per heavy atom. The largest absolute Gasteiger partial charge is 0.479 e. The number of pyridine rings is 1. The van der Waals surface area contributed by atoms with Crippen LogP contribution in [0.15, 0.2) is 37.0 Å². The van der Waals surface area contributed by atoms with Crippen molar-refractivity contribution in [1.82, 2.24) is 9.97 Å². The molecule has 0 bridgehead atoms. The smallest absolute Gasteiger partial charge is 0.425 e. The van der Waals surface area contributed by atoms with Gasteiger partial charge in [-0.2, -0.15) is 18.2 Å². The monoisotopic (exact) mass is 345 g/mol. The average Bonchev–Trinajstić information content (AvgIpc) is 2.90. The van der Waals surface area contributed by atoms with Crippen LogP contribution in [0.3, 0.4) is 0 Å². The van der Waals surface area contributed by atoms with E-state index in [0.29, 0.717) is 10.0 Å². The molecule has 2 heterocycles. The Morgan fingerprint density at radius 3 is 2.74 bits per heavy atom. The molecule has 0 saturated carbocycles. The Morgan fingerprint density at radius 2 is 2.17 bits per heavy atom. The Labute approximate surface area is 134 Å². The third kappa shape index (κ3) is 4.35. The van der Waals surface area contributed by atoms with Crippen LogP contribution in [0.1, 0.15) is 6.92 Å². The first-order valence-corrected chi connectivity index (χ1v) is 7.27. The number of thiazole rings is 1. The number of hydrogen-bond donors (Lipinski definition) is 1. The maximum atomic E-state index is 12.5. The second-order valence-electron chi connectivity index (χ2n) is 4.45. The van der Waals surface area contributed by atoms with Crippen LogP contribution in [0.4, 0.5) is 18.2 Å². The first-order chi connectivity index (χ1) is 10.8. The molecule has 0 aliphatic heterocycles. The number of aromatic nitrogens is 2. The molecule has 1 atom stereocenters. The van der Waals surface area contributed by atoms with E-state index in [2.05, 4.69) is 21.9 Å². The van der Waals surface area contributed by atoms with Gasteiger partial charge in [-0.25, -0.2) is 0 Å². The zero-order valence-corrected chi connectivity index (χ0v) is 13.2. The molecule has 0 radical (unpaired) electrons. The van der Waals surface area contributed by atoms with Gasteiger partial charge in [0, 0.05) is 18.0 Å². The van der Waals surface area contributed by atoms with Gasteiger partial charge in [0.25, 0.3) is 0 Å². The van der Waals surface area contributed by atoms with Gasteiger partial charge in [-0.1, -0.05) is 11.3 Å². The van der Waals surface area contributed by atoms with E-state index >= 15 is 0 Å². The molecule has 5 nitrogen and oxygen atoms in total. The zero-order valence-electron chi connectivity index (χ0n) is 12.3. The maximum absolute atomic E-state index is 12.5. The quantitative estimate of drug-likeness (QED) is 0.800. The Hall–Kier alpha value is -2.29. The summed E-state index contributed by atoms with van der Waals surface area (Å²) in [6.45, 7) is 4.34. The summed E-state index contributed by atoms with van der Waals surface area (Å²) in [5.74, 6) is -0.00669. The number of hydrogen-bond acceptors (Lipinski definition) is 6. The van der Waals surface area contributed by atoms with Gasteiger partial charge >= 0.3 is 6.18 Å². The Kier molecular flexibility index (Phi) is 5.09. The summed E-state index contributed by atoms with van der Waals surface area (Å²) in [6.07, 6.45) is -3.19. The van der Waals surface area contributed by atoms with E-state index in [1.54, 1.807) is 18.5 Å². The van der Waals surface area contributed by atoms with E-state index in [1.165, 1.54) is 18.4 Å². The molecule has 1 N–H and O–H groups in total. The SMILES string of the molecule is C=C(Nc1sc(-c2cccnc2)nc1OC)OC(C)C(F)(F)F. The molecule has 9 heteroatoms. The fourth-order valence-corrected chi connectivity index (χ4v) is 2.51. The van der Waals surface area contributed by atoms with Gasteiger partial charge < -0.3 is 14.8 Å². The number of halogens is 3. The lowest BCUT2D eigenvalue weighted by molar-refractivity contribution is -0.202. The highest BCUT2D eigenvalue weighted by Crippen LogP contribution is 2.37. The summed E-state index contributed by atoms with van der Waals surface area (Å²) in [4.78, 5) is 8.25. The van der Waals surface area contributed by atoms with Crippen LogP contribution in [0.5, 0.6) is 5.88 Å². The summed E-state index contributed by atoms with van der Waals surface area (Å²) >= 11 is 1.19. The van der Waals surface area contributed by atoms with Crippen LogP contribution in [0.25, 0.3) is 10.6 Å². The molecular formula is C14H14F3N3O2S. The molecule has 1 unspecified atom stereocenters. The van der Waals surface area contributed by atoms with Crippen molar-refractivity contribution in [2.24, 2.45) is 0 Å². The minimum absolute atomic E-state index is 0.235. The van der Waals surface area contributed by atoms with E-state index in [4.69, 9.17) is 9.47 Å². The standard InChI is InChI=1S/C14H14F3N3O2S/c1-8(14(15,16)17)22-9(2)19-13-11(21-3)20-12(23-13)10-5-4-6-18-7-10/h4-8,19H,2H2,1,3H3. The van der Waals surface area contributed by atoms with Crippen molar-refractivity contribution in [2.75, 3.05) is 12.4 Å². The van der Waals surface area contributed by atoms with Crippen LogP contribution < -0.4 is 10.1 Å². The first-order valence-electron chi connectivity index (χ1n) is 6.45. The van der Waals surface area contributed by atoms with Crippen LogP contribution in [-0.4, -0.2) is 29.4 Å². The highest BCUT2D eigenvalue weighted by Gasteiger charge is 2.38. The zero-order chi connectivity index (χ0) is 17.0. The van der Waals surface area contributed by atoms with Crippen molar-refractivity contribution < 1.29 is 22.6 Å². The van der Waals surface area contributed by atoms with Crippen LogP contribution >= 0.6 is 11.3 Å². The van der Waals surface area contributed by atoms with Gasteiger partial charge in [0.1, 0.15) is 5.01 Å². The summed E-state index contributed by atoms with van der Waals surface area (Å²) < 4.78 is 47.3. The van der Waals surface area contributed by atoms with Crippen LogP contribution in [-0.2, 0) is 4.74 Å². The fraction of sp³-hybridized carbons (Fsp3) is 0.286. The highest BCUT2D eigenvalue weighted by atomic mass is 32.1. The van der Waals surface area contributed by atoms with E-state index in [1.807, 2.05) is 6.07 Å². The molecule has 23 heavy (non-hydrogen) atoms. The second kappa shape index (κ2) is 6.86. The minimum Gasteiger partial charge on any atom is -0.479 e. The molecule has 0 spiro atoms. The Balaban J connectivity index is 2.14. The number of anilines is 1. The highest BCUT2D eigenvalue weighted by molar-refractivity contribution is 7.19. The van der Waals surface area contributed by atoms with Crippen molar-refractivity contribution in [1.29, 1.82) is 0 Å². The lowest BCUT2D eigenvalue weighted by atomic mass is 10.3. The lowest BCUT2D eigenvalue weighted by Crippen LogP contribution is -2.29. The number of alkyl halides is 3. The van der Waals surface area contributed by atoms with Gasteiger partial charge in [0.2, 0.25) is 5.88 Å². The molecule has 0 aliphatic rings. The molecule has 0 aromatic carbocycles.